The van der Waals surface area contributed by atoms with Gasteiger partial charge in [0.05, 0.1) is 18.0 Å². The first kappa shape index (κ1) is 21.2. The van der Waals surface area contributed by atoms with E-state index in [4.69, 9.17) is 0 Å². The molecule has 2 amide bonds. The van der Waals surface area contributed by atoms with Crippen molar-refractivity contribution in [2.24, 2.45) is 5.92 Å². The third kappa shape index (κ3) is 3.53. The molecule has 0 saturated carbocycles. The van der Waals surface area contributed by atoms with Crippen molar-refractivity contribution in [1.82, 2.24) is 15.5 Å². The van der Waals surface area contributed by atoms with Crippen molar-refractivity contribution >= 4 is 11.8 Å². The Morgan fingerprint density at radius 2 is 2.00 bits per heavy atom. The van der Waals surface area contributed by atoms with Gasteiger partial charge in [0.1, 0.15) is 0 Å². The van der Waals surface area contributed by atoms with Crippen LogP contribution in [0.3, 0.4) is 0 Å². The van der Waals surface area contributed by atoms with Gasteiger partial charge in [0, 0.05) is 18.2 Å². The van der Waals surface area contributed by atoms with Gasteiger partial charge in [-0.3, -0.25) is 9.59 Å². The standard InChI is InChI=1S/C27H33N3O2/c1-16-14-20-11-13-30-23(15-22-21(27(30)32)10-7-12-28-22)25(20)24(17(16)2)26(31)29-18(3)19-8-5-4-6-9-19/h4-6,8-9,14,18,21-23,28H,7,10-13,15H2,1-3H3,(H,29,31)/t18-,21+,22+,23-/m1/s1. The number of nitrogens with zero attached hydrogens (tertiary/aromatic N) is 1. The Balaban J connectivity index is 1.53. The minimum absolute atomic E-state index is 0.0230. The van der Waals surface area contributed by atoms with Gasteiger partial charge in [-0.05, 0) is 80.8 Å². The Morgan fingerprint density at radius 1 is 1.22 bits per heavy atom. The molecule has 0 spiro atoms. The molecule has 2 aromatic rings. The third-order valence-electron chi connectivity index (χ3n) is 7.84. The second-order valence-electron chi connectivity index (χ2n) is 9.71. The van der Waals surface area contributed by atoms with E-state index < -0.39 is 0 Å². The monoisotopic (exact) mass is 431 g/mol. The summed E-state index contributed by atoms with van der Waals surface area (Å²) in [6, 6.07) is 12.4. The molecule has 32 heavy (non-hydrogen) atoms. The molecule has 5 nitrogen and oxygen atoms in total. The Hall–Kier alpha value is -2.66. The predicted octanol–water partition coefficient (Wildman–Crippen LogP) is 3.99. The van der Waals surface area contributed by atoms with Crippen LogP contribution in [-0.2, 0) is 11.2 Å². The molecule has 0 radical (unpaired) electrons. The van der Waals surface area contributed by atoms with Crippen molar-refractivity contribution in [2.45, 2.75) is 64.6 Å². The maximum atomic E-state index is 13.7. The fourth-order valence-corrected chi connectivity index (χ4v) is 5.99. The molecule has 2 aromatic carbocycles. The quantitative estimate of drug-likeness (QED) is 0.772. The number of carbonyl (C=O) groups excluding carboxylic acids is 2. The number of rotatable bonds is 3. The van der Waals surface area contributed by atoms with Crippen LogP contribution in [0, 0.1) is 19.8 Å². The molecule has 3 aliphatic heterocycles. The summed E-state index contributed by atoms with van der Waals surface area (Å²) in [5.41, 5.74) is 6.34. The van der Waals surface area contributed by atoms with E-state index in [0.29, 0.717) is 0 Å². The average molecular weight is 432 g/mol. The first-order valence-corrected chi connectivity index (χ1v) is 12.0. The van der Waals surface area contributed by atoms with Gasteiger partial charge in [0.15, 0.2) is 0 Å². The molecular formula is C27H33N3O2. The normalized spacial score (nSPS) is 25.4. The number of hydrogen-bond donors (Lipinski definition) is 2. The molecule has 2 N–H and O–H groups in total. The van der Waals surface area contributed by atoms with E-state index in [1.165, 1.54) is 5.56 Å². The second kappa shape index (κ2) is 8.36. The van der Waals surface area contributed by atoms with Crippen molar-refractivity contribution < 1.29 is 9.59 Å². The first-order valence-electron chi connectivity index (χ1n) is 12.0. The number of amides is 2. The third-order valence-corrected chi connectivity index (χ3v) is 7.84. The summed E-state index contributed by atoms with van der Waals surface area (Å²) >= 11 is 0. The van der Waals surface area contributed by atoms with E-state index in [9.17, 15) is 9.59 Å². The van der Waals surface area contributed by atoms with E-state index in [2.05, 4.69) is 28.5 Å². The topological polar surface area (TPSA) is 61.4 Å². The van der Waals surface area contributed by atoms with Crippen molar-refractivity contribution in [3.05, 3.63) is 69.8 Å². The zero-order chi connectivity index (χ0) is 22.4. The highest BCUT2D eigenvalue weighted by atomic mass is 16.2. The largest absolute Gasteiger partial charge is 0.346 e. The fraction of sp³-hybridized carbons (Fsp3) is 0.481. The van der Waals surface area contributed by atoms with E-state index in [-0.39, 0.29) is 35.9 Å². The van der Waals surface area contributed by atoms with Crippen LogP contribution in [0.15, 0.2) is 36.4 Å². The van der Waals surface area contributed by atoms with Crippen LogP contribution in [0.5, 0.6) is 0 Å². The number of piperidine rings is 2. The molecule has 0 aromatic heterocycles. The molecule has 168 valence electrons. The SMILES string of the molecule is Cc1cc2c(c(C(=O)N[C@H](C)c3ccccc3)c1C)[C@H]1C[C@@H]3NCCC[C@@H]3C(=O)N1CC2. The van der Waals surface area contributed by atoms with Crippen molar-refractivity contribution in [2.75, 3.05) is 13.1 Å². The Labute approximate surface area is 190 Å². The molecule has 3 heterocycles. The van der Waals surface area contributed by atoms with Gasteiger partial charge in [0.2, 0.25) is 5.91 Å². The van der Waals surface area contributed by atoms with Gasteiger partial charge in [0.25, 0.3) is 5.91 Å². The number of fused-ring (bicyclic) bond motifs is 4. The molecule has 5 rings (SSSR count). The molecule has 0 bridgehead atoms. The van der Waals surface area contributed by atoms with Gasteiger partial charge in [-0.25, -0.2) is 0 Å². The van der Waals surface area contributed by atoms with E-state index >= 15 is 0 Å². The molecule has 3 aliphatic rings. The molecule has 2 fully saturated rings. The summed E-state index contributed by atoms with van der Waals surface area (Å²) in [7, 11) is 0. The molecule has 0 aliphatic carbocycles. The van der Waals surface area contributed by atoms with Gasteiger partial charge in [-0.2, -0.15) is 0 Å². The number of carbonyl (C=O) groups is 2. The Kier molecular flexibility index (Phi) is 5.54. The molecule has 4 atom stereocenters. The van der Waals surface area contributed by atoms with Gasteiger partial charge in [-0.1, -0.05) is 36.4 Å². The van der Waals surface area contributed by atoms with Crippen molar-refractivity contribution in [3.8, 4) is 0 Å². The van der Waals surface area contributed by atoms with Crippen LogP contribution in [0.2, 0.25) is 0 Å². The lowest BCUT2D eigenvalue weighted by atomic mass is 9.74. The minimum Gasteiger partial charge on any atom is -0.346 e. The highest BCUT2D eigenvalue weighted by Crippen LogP contribution is 2.44. The molecule has 2 saturated heterocycles. The highest BCUT2D eigenvalue weighted by Gasteiger charge is 2.46. The average Bonchev–Trinajstić information content (AvgIpc) is 2.80. The summed E-state index contributed by atoms with van der Waals surface area (Å²) in [5.74, 6) is 0.321. The van der Waals surface area contributed by atoms with E-state index in [1.54, 1.807) is 0 Å². The summed E-state index contributed by atoms with van der Waals surface area (Å²) in [6.07, 6.45) is 3.74. The second-order valence-corrected chi connectivity index (χ2v) is 9.71. The number of aryl methyl sites for hydroxylation is 1. The number of nitrogens with one attached hydrogen (secondary N) is 2. The van der Waals surface area contributed by atoms with E-state index in [1.807, 2.05) is 44.2 Å². The zero-order valence-electron chi connectivity index (χ0n) is 19.3. The maximum Gasteiger partial charge on any atom is 0.252 e. The van der Waals surface area contributed by atoms with Crippen molar-refractivity contribution in [1.29, 1.82) is 0 Å². The first-order chi connectivity index (χ1) is 15.5. The highest BCUT2D eigenvalue weighted by molar-refractivity contribution is 5.98. The van der Waals surface area contributed by atoms with E-state index in [0.717, 1.165) is 66.6 Å². The molecule has 5 heteroatoms. The molecular weight excluding hydrogens is 398 g/mol. The fourth-order valence-electron chi connectivity index (χ4n) is 5.99. The maximum absolute atomic E-state index is 13.7. The van der Waals surface area contributed by atoms with Crippen LogP contribution in [0.25, 0.3) is 0 Å². The lowest BCUT2D eigenvalue weighted by Gasteiger charge is -2.49. The predicted molar refractivity (Wildman–Crippen MR) is 126 cm³/mol. The van der Waals surface area contributed by atoms with Crippen LogP contribution < -0.4 is 10.6 Å². The zero-order valence-corrected chi connectivity index (χ0v) is 19.3. The van der Waals surface area contributed by atoms with Crippen LogP contribution >= 0.6 is 0 Å². The van der Waals surface area contributed by atoms with Crippen molar-refractivity contribution in [3.63, 3.8) is 0 Å². The molecule has 0 unspecified atom stereocenters. The van der Waals surface area contributed by atoms with Gasteiger partial charge < -0.3 is 15.5 Å². The summed E-state index contributed by atoms with van der Waals surface area (Å²) in [6.45, 7) is 7.89. The summed E-state index contributed by atoms with van der Waals surface area (Å²) in [5, 5.41) is 6.83. The van der Waals surface area contributed by atoms with Crippen LogP contribution in [-0.4, -0.2) is 35.8 Å². The summed E-state index contributed by atoms with van der Waals surface area (Å²) < 4.78 is 0. The summed E-state index contributed by atoms with van der Waals surface area (Å²) in [4.78, 5) is 29.1. The number of benzene rings is 2. The Bertz CT molecular complexity index is 1050. The lowest BCUT2D eigenvalue weighted by molar-refractivity contribution is -0.145. The Morgan fingerprint density at radius 3 is 2.78 bits per heavy atom. The van der Waals surface area contributed by atoms with Crippen LogP contribution in [0.4, 0.5) is 0 Å². The van der Waals surface area contributed by atoms with Crippen LogP contribution in [0.1, 0.15) is 76.4 Å². The minimum atomic E-state index is -0.0867. The van der Waals surface area contributed by atoms with Gasteiger partial charge >= 0.3 is 0 Å². The smallest absolute Gasteiger partial charge is 0.252 e. The van der Waals surface area contributed by atoms with Gasteiger partial charge in [-0.15, -0.1) is 0 Å². The lowest BCUT2D eigenvalue weighted by Crippen LogP contribution is -2.58. The number of hydrogen-bond acceptors (Lipinski definition) is 3.